The first-order valence-electron chi connectivity index (χ1n) is 12.3. The zero-order chi connectivity index (χ0) is 26.5. The van der Waals surface area contributed by atoms with Crippen molar-refractivity contribution in [2.24, 2.45) is 5.10 Å². The number of ether oxygens (including phenoxy) is 2. The number of nitrogens with zero attached hydrogens (tertiary/aromatic N) is 3. The van der Waals surface area contributed by atoms with E-state index in [-0.39, 0.29) is 5.56 Å². The van der Waals surface area contributed by atoms with Crippen LogP contribution in [0.3, 0.4) is 0 Å². The maximum atomic E-state index is 13.4. The first kappa shape index (κ1) is 25.4. The van der Waals surface area contributed by atoms with E-state index in [1.54, 1.807) is 12.3 Å². The third-order valence-electron chi connectivity index (χ3n) is 5.98. The minimum absolute atomic E-state index is 0.245. The number of aromatic nitrogens is 2. The molecule has 1 aromatic heterocycles. The summed E-state index contributed by atoms with van der Waals surface area (Å²) in [7, 11) is 0. The molecule has 0 saturated carbocycles. The largest absolute Gasteiger partial charge is 0.490 e. The third-order valence-corrected chi connectivity index (χ3v) is 6.66. The van der Waals surface area contributed by atoms with Crippen LogP contribution in [-0.2, 0) is 6.61 Å². The Bertz CT molecular complexity index is 1660. The molecule has 0 fully saturated rings. The van der Waals surface area contributed by atoms with Crippen molar-refractivity contribution in [2.75, 3.05) is 6.61 Å². The Morgan fingerprint density at radius 3 is 2.39 bits per heavy atom. The zero-order valence-corrected chi connectivity index (χ0v) is 22.7. The van der Waals surface area contributed by atoms with Crippen LogP contribution in [0.25, 0.3) is 22.3 Å². The Labute approximate surface area is 229 Å². The molecule has 0 saturated heterocycles. The van der Waals surface area contributed by atoms with Crippen molar-refractivity contribution in [1.29, 1.82) is 0 Å². The van der Waals surface area contributed by atoms with Crippen molar-refractivity contribution >= 4 is 33.0 Å². The lowest BCUT2D eigenvalue weighted by Crippen LogP contribution is -2.20. The van der Waals surface area contributed by atoms with Crippen molar-refractivity contribution in [1.82, 2.24) is 9.66 Å². The van der Waals surface area contributed by atoms with Gasteiger partial charge in [0.2, 0.25) is 0 Å². The average Bonchev–Trinajstić information content (AvgIpc) is 2.94. The second-order valence-electron chi connectivity index (χ2n) is 8.71. The maximum absolute atomic E-state index is 13.4. The van der Waals surface area contributed by atoms with Crippen molar-refractivity contribution in [3.8, 4) is 22.9 Å². The van der Waals surface area contributed by atoms with Gasteiger partial charge in [-0.05, 0) is 59.6 Å². The quantitative estimate of drug-likeness (QED) is 0.189. The highest BCUT2D eigenvalue weighted by molar-refractivity contribution is 9.10. The minimum Gasteiger partial charge on any atom is -0.490 e. The molecule has 7 heteroatoms. The fourth-order valence-electron chi connectivity index (χ4n) is 4.00. The molecule has 0 bridgehead atoms. The fourth-order valence-corrected chi connectivity index (χ4v) is 4.43. The summed E-state index contributed by atoms with van der Waals surface area (Å²) in [4.78, 5) is 18.2. The van der Waals surface area contributed by atoms with Gasteiger partial charge in [-0.2, -0.15) is 9.78 Å². The molecule has 0 aliphatic carbocycles. The lowest BCUT2D eigenvalue weighted by atomic mass is 10.1. The van der Waals surface area contributed by atoms with Crippen molar-refractivity contribution in [2.45, 2.75) is 20.5 Å². The highest BCUT2D eigenvalue weighted by Crippen LogP contribution is 2.34. The van der Waals surface area contributed by atoms with E-state index in [1.807, 2.05) is 79.7 Å². The number of fused-ring (bicyclic) bond motifs is 1. The second-order valence-corrected chi connectivity index (χ2v) is 9.56. The lowest BCUT2D eigenvalue weighted by Gasteiger charge is -2.14. The summed E-state index contributed by atoms with van der Waals surface area (Å²) < 4.78 is 14.1. The molecule has 4 aromatic carbocycles. The number of rotatable bonds is 8. The monoisotopic (exact) mass is 567 g/mol. The molecule has 0 radical (unpaired) electrons. The zero-order valence-electron chi connectivity index (χ0n) is 21.1. The summed E-state index contributed by atoms with van der Waals surface area (Å²) >= 11 is 3.63. The van der Waals surface area contributed by atoms with Gasteiger partial charge in [0.15, 0.2) is 17.3 Å². The molecule has 0 aliphatic rings. The van der Waals surface area contributed by atoms with E-state index in [9.17, 15) is 4.79 Å². The number of para-hydroxylation sites is 1. The number of hydrogen-bond donors (Lipinski definition) is 0. The summed E-state index contributed by atoms with van der Waals surface area (Å²) in [5.74, 6) is 1.67. The summed E-state index contributed by atoms with van der Waals surface area (Å²) in [6, 6.07) is 28.8. The number of halogens is 1. The lowest BCUT2D eigenvalue weighted by molar-refractivity contribution is 0.269. The Kier molecular flexibility index (Phi) is 7.65. The Hall–Kier alpha value is -4.23. The second kappa shape index (κ2) is 11.4. The molecular weight excluding hydrogens is 542 g/mol. The van der Waals surface area contributed by atoms with Gasteiger partial charge in [-0.3, -0.25) is 4.79 Å². The normalized spacial score (nSPS) is 11.2. The molecule has 0 aliphatic heterocycles. The number of hydrogen-bond acceptors (Lipinski definition) is 5. The molecular formula is C31H26BrN3O3. The molecule has 0 unspecified atom stereocenters. The molecule has 38 heavy (non-hydrogen) atoms. The van der Waals surface area contributed by atoms with Crippen LogP contribution in [0.5, 0.6) is 11.5 Å². The molecule has 6 nitrogen and oxygen atoms in total. The first-order valence-corrected chi connectivity index (χ1v) is 13.1. The van der Waals surface area contributed by atoms with Crippen molar-refractivity contribution in [3.63, 3.8) is 0 Å². The number of aryl methyl sites for hydroxylation is 1. The smallest absolute Gasteiger partial charge is 0.282 e. The predicted octanol–water partition coefficient (Wildman–Crippen LogP) is 6.99. The van der Waals surface area contributed by atoms with Crippen LogP contribution in [0.1, 0.15) is 23.6 Å². The van der Waals surface area contributed by atoms with Crippen LogP contribution in [0.15, 0.2) is 105 Å². The van der Waals surface area contributed by atoms with Gasteiger partial charge in [-0.25, -0.2) is 4.98 Å². The van der Waals surface area contributed by atoms with Crippen LogP contribution in [0.2, 0.25) is 0 Å². The van der Waals surface area contributed by atoms with Gasteiger partial charge in [0.1, 0.15) is 6.61 Å². The minimum atomic E-state index is -0.245. The fraction of sp³-hybridized carbons (Fsp3) is 0.129. The highest BCUT2D eigenvalue weighted by Gasteiger charge is 2.14. The molecule has 0 atom stereocenters. The van der Waals surface area contributed by atoms with Crippen LogP contribution >= 0.6 is 15.9 Å². The standard InChI is InChI=1S/C31H26BrN3O3/c1-3-37-28-17-24(26(32)18-29(28)38-20-22-15-13-21(2)14-16-22)19-33-35-30(23-9-5-4-6-10-23)34-27-12-8-7-11-25(27)31(35)36/h4-19H,3,20H2,1-2H3. The molecule has 190 valence electrons. The summed E-state index contributed by atoms with van der Waals surface area (Å²) in [6.45, 7) is 4.87. The first-order chi connectivity index (χ1) is 18.5. The molecule has 0 spiro atoms. The number of benzene rings is 4. The molecule has 5 rings (SSSR count). The Morgan fingerprint density at radius 1 is 0.921 bits per heavy atom. The molecule has 5 aromatic rings. The van der Waals surface area contributed by atoms with E-state index in [2.05, 4.69) is 40.1 Å². The van der Waals surface area contributed by atoms with E-state index < -0.39 is 0 Å². The highest BCUT2D eigenvalue weighted by atomic mass is 79.9. The SMILES string of the molecule is CCOc1cc(C=Nn2c(-c3ccccc3)nc3ccccc3c2=O)c(Br)cc1OCc1ccc(C)cc1. The van der Waals surface area contributed by atoms with Gasteiger partial charge < -0.3 is 9.47 Å². The van der Waals surface area contributed by atoms with Crippen LogP contribution in [0, 0.1) is 6.92 Å². The van der Waals surface area contributed by atoms with Gasteiger partial charge in [-0.1, -0.05) is 72.3 Å². The van der Waals surface area contributed by atoms with Crippen LogP contribution in [-0.4, -0.2) is 22.5 Å². The van der Waals surface area contributed by atoms with E-state index in [4.69, 9.17) is 14.5 Å². The van der Waals surface area contributed by atoms with Gasteiger partial charge in [0.25, 0.3) is 5.56 Å². The van der Waals surface area contributed by atoms with E-state index in [1.165, 1.54) is 10.2 Å². The van der Waals surface area contributed by atoms with Gasteiger partial charge >= 0.3 is 0 Å². The molecule has 0 N–H and O–H groups in total. The summed E-state index contributed by atoms with van der Waals surface area (Å²) in [5, 5.41) is 5.08. The van der Waals surface area contributed by atoms with Crippen molar-refractivity contribution in [3.05, 3.63) is 123 Å². The van der Waals surface area contributed by atoms with Crippen LogP contribution < -0.4 is 15.0 Å². The maximum Gasteiger partial charge on any atom is 0.282 e. The Morgan fingerprint density at radius 2 is 1.63 bits per heavy atom. The van der Waals surface area contributed by atoms with Gasteiger partial charge in [-0.15, -0.1) is 0 Å². The topological polar surface area (TPSA) is 65.7 Å². The third kappa shape index (κ3) is 5.53. The van der Waals surface area contributed by atoms with E-state index >= 15 is 0 Å². The molecule has 0 amide bonds. The summed E-state index contributed by atoms with van der Waals surface area (Å²) in [5.41, 5.74) is 4.17. The van der Waals surface area contributed by atoms with E-state index in [0.29, 0.717) is 41.4 Å². The predicted molar refractivity (Wildman–Crippen MR) is 155 cm³/mol. The molecule has 1 heterocycles. The van der Waals surface area contributed by atoms with Crippen LogP contribution in [0.4, 0.5) is 0 Å². The van der Waals surface area contributed by atoms with Gasteiger partial charge in [0, 0.05) is 15.6 Å². The Balaban J connectivity index is 1.52. The summed E-state index contributed by atoms with van der Waals surface area (Å²) in [6.07, 6.45) is 1.63. The average molecular weight is 568 g/mol. The van der Waals surface area contributed by atoms with E-state index in [0.717, 1.165) is 21.2 Å². The van der Waals surface area contributed by atoms with Gasteiger partial charge in [0.05, 0.1) is 23.7 Å². The van der Waals surface area contributed by atoms with Crippen molar-refractivity contribution < 1.29 is 9.47 Å².